The van der Waals surface area contributed by atoms with Crippen molar-refractivity contribution in [3.63, 3.8) is 0 Å². The topological polar surface area (TPSA) is 91.7 Å². The Hall–Kier alpha value is -3.88. The van der Waals surface area contributed by atoms with Crippen LogP contribution in [0, 0.1) is 5.82 Å². The number of hydrogen-bond donors (Lipinski definition) is 1. The number of carbonyl (C=O) groups is 2. The standard InChI is InChI=1S/C20H16FN3O5/c1-12(19(25)23-14-4-7-17-18(8-14)28-11-27-17)29-20(26)16-9-22-10-24(16)15-5-2-13(21)3-6-15/h2-10,12H,11H2,1H3,(H,23,25)/t12-/m0/s1. The summed E-state index contributed by atoms with van der Waals surface area (Å²) in [5, 5.41) is 2.66. The van der Waals surface area contributed by atoms with Gasteiger partial charge >= 0.3 is 5.97 Å². The Labute approximate surface area is 164 Å². The molecule has 1 aromatic heterocycles. The van der Waals surface area contributed by atoms with Crippen LogP contribution in [0.15, 0.2) is 55.0 Å². The smallest absolute Gasteiger partial charge is 0.357 e. The summed E-state index contributed by atoms with van der Waals surface area (Å²) in [6, 6.07) is 10.5. The third-order valence-corrected chi connectivity index (χ3v) is 4.25. The molecule has 148 valence electrons. The van der Waals surface area contributed by atoms with Crippen LogP contribution in [0.5, 0.6) is 11.5 Å². The number of fused-ring (bicyclic) bond motifs is 1. The first-order valence-corrected chi connectivity index (χ1v) is 8.71. The van der Waals surface area contributed by atoms with Crippen molar-refractivity contribution < 1.29 is 28.2 Å². The van der Waals surface area contributed by atoms with Gasteiger partial charge in [-0.05, 0) is 43.3 Å². The van der Waals surface area contributed by atoms with Gasteiger partial charge in [0.2, 0.25) is 6.79 Å². The average Bonchev–Trinajstić information content (AvgIpc) is 3.37. The minimum absolute atomic E-state index is 0.110. The van der Waals surface area contributed by atoms with E-state index in [4.69, 9.17) is 14.2 Å². The molecular weight excluding hydrogens is 381 g/mol. The summed E-state index contributed by atoms with van der Waals surface area (Å²) < 4.78 is 30.3. The fourth-order valence-corrected chi connectivity index (χ4v) is 2.75. The first-order chi connectivity index (χ1) is 14.0. The van der Waals surface area contributed by atoms with Gasteiger partial charge in [-0.25, -0.2) is 14.2 Å². The quantitative estimate of drug-likeness (QED) is 0.666. The Morgan fingerprint density at radius 3 is 2.72 bits per heavy atom. The van der Waals surface area contributed by atoms with Crippen LogP contribution in [0.1, 0.15) is 17.4 Å². The molecule has 2 aromatic carbocycles. The zero-order valence-corrected chi connectivity index (χ0v) is 15.3. The van der Waals surface area contributed by atoms with Gasteiger partial charge < -0.3 is 19.5 Å². The van der Waals surface area contributed by atoms with E-state index in [1.54, 1.807) is 18.2 Å². The molecule has 29 heavy (non-hydrogen) atoms. The van der Waals surface area contributed by atoms with Crippen LogP contribution in [-0.2, 0) is 9.53 Å². The van der Waals surface area contributed by atoms with Gasteiger partial charge in [0.15, 0.2) is 23.3 Å². The molecule has 0 bridgehead atoms. The highest BCUT2D eigenvalue weighted by Gasteiger charge is 2.23. The van der Waals surface area contributed by atoms with E-state index in [0.717, 1.165) is 0 Å². The maximum Gasteiger partial charge on any atom is 0.357 e. The number of esters is 1. The zero-order valence-electron chi connectivity index (χ0n) is 15.3. The fraction of sp³-hybridized carbons (Fsp3) is 0.150. The van der Waals surface area contributed by atoms with E-state index >= 15 is 0 Å². The lowest BCUT2D eigenvalue weighted by atomic mass is 10.2. The second-order valence-corrected chi connectivity index (χ2v) is 6.23. The predicted molar refractivity (Wildman–Crippen MR) is 99.6 cm³/mol. The molecule has 1 N–H and O–H groups in total. The number of ether oxygens (including phenoxy) is 3. The molecule has 3 aromatic rings. The molecule has 9 heteroatoms. The van der Waals surface area contributed by atoms with Gasteiger partial charge in [0.25, 0.3) is 5.91 Å². The molecule has 1 aliphatic heterocycles. The van der Waals surface area contributed by atoms with Crippen LogP contribution in [0.4, 0.5) is 10.1 Å². The highest BCUT2D eigenvalue weighted by Crippen LogP contribution is 2.34. The molecule has 8 nitrogen and oxygen atoms in total. The van der Waals surface area contributed by atoms with Gasteiger partial charge in [-0.15, -0.1) is 0 Å². The molecular formula is C20H16FN3O5. The van der Waals surface area contributed by atoms with Crippen molar-refractivity contribution >= 4 is 17.6 Å². The lowest BCUT2D eigenvalue weighted by Crippen LogP contribution is -2.30. The van der Waals surface area contributed by atoms with E-state index in [1.807, 2.05) is 0 Å². The molecule has 0 aliphatic carbocycles. The molecule has 1 aliphatic rings. The van der Waals surface area contributed by atoms with Gasteiger partial charge in [-0.3, -0.25) is 9.36 Å². The van der Waals surface area contributed by atoms with E-state index in [9.17, 15) is 14.0 Å². The Morgan fingerprint density at radius 2 is 1.93 bits per heavy atom. The summed E-state index contributed by atoms with van der Waals surface area (Å²) >= 11 is 0. The molecule has 0 saturated heterocycles. The second-order valence-electron chi connectivity index (χ2n) is 6.23. The van der Waals surface area contributed by atoms with Crippen molar-refractivity contribution in [1.82, 2.24) is 9.55 Å². The van der Waals surface area contributed by atoms with E-state index in [0.29, 0.717) is 22.9 Å². The average molecular weight is 397 g/mol. The number of amides is 1. The van der Waals surface area contributed by atoms with Gasteiger partial charge in [0.05, 0.1) is 12.5 Å². The van der Waals surface area contributed by atoms with Gasteiger partial charge in [0.1, 0.15) is 5.82 Å². The third kappa shape index (κ3) is 3.88. The number of anilines is 1. The molecule has 2 heterocycles. The number of benzene rings is 2. The Kier molecular flexibility index (Phi) is 4.86. The predicted octanol–water partition coefficient (Wildman–Crippen LogP) is 2.92. The number of carbonyl (C=O) groups excluding carboxylic acids is 2. The number of nitrogens with zero attached hydrogens (tertiary/aromatic N) is 2. The summed E-state index contributed by atoms with van der Waals surface area (Å²) in [5.41, 5.74) is 1.13. The molecule has 0 radical (unpaired) electrons. The van der Waals surface area contributed by atoms with Gasteiger partial charge in [-0.2, -0.15) is 0 Å². The zero-order chi connectivity index (χ0) is 20.4. The van der Waals surface area contributed by atoms with E-state index in [2.05, 4.69) is 10.3 Å². The largest absolute Gasteiger partial charge is 0.454 e. The summed E-state index contributed by atoms with van der Waals surface area (Å²) in [4.78, 5) is 28.8. The van der Waals surface area contributed by atoms with Crippen molar-refractivity contribution in [2.75, 3.05) is 12.1 Å². The van der Waals surface area contributed by atoms with Crippen molar-refractivity contribution in [2.45, 2.75) is 13.0 Å². The number of aromatic nitrogens is 2. The number of nitrogens with one attached hydrogen (secondary N) is 1. The lowest BCUT2D eigenvalue weighted by Gasteiger charge is -2.14. The number of imidazole rings is 1. The van der Waals surface area contributed by atoms with Crippen LogP contribution < -0.4 is 14.8 Å². The Morgan fingerprint density at radius 1 is 1.17 bits per heavy atom. The minimum atomic E-state index is -1.07. The first-order valence-electron chi connectivity index (χ1n) is 8.71. The summed E-state index contributed by atoms with van der Waals surface area (Å²) in [7, 11) is 0. The van der Waals surface area contributed by atoms with Crippen LogP contribution in [-0.4, -0.2) is 34.3 Å². The molecule has 0 unspecified atom stereocenters. The monoisotopic (exact) mass is 397 g/mol. The molecule has 1 amide bonds. The summed E-state index contributed by atoms with van der Waals surface area (Å²) in [5.74, 6) is -0.524. The fourth-order valence-electron chi connectivity index (χ4n) is 2.75. The summed E-state index contributed by atoms with van der Waals surface area (Å²) in [6.45, 7) is 1.58. The number of rotatable bonds is 5. The maximum absolute atomic E-state index is 13.1. The first kappa shape index (κ1) is 18.5. The van der Waals surface area contributed by atoms with Crippen molar-refractivity contribution in [3.8, 4) is 17.2 Å². The van der Waals surface area contributed by atoms with Crippen molar-refractivity contribution in [3.05, 3.63) is 66.5 Å². The van der Waals surface area contributed by atoms with Crippen LogP contribution >= 0.6 is 0 Å². The van der Waals surface area contributed by atoms with Crippen LogP contribution in [0.3, 0.4) is 0 Å². The molecule has 0 fully saturated rings. The Bertz CT molecular complexity index is 1060. The molecule has 0 spiro atoms. The van der Waals surface area contributed by atoms with E-state index in [-0.39, 0.29) is 12.5 Å². The third-order valence-electron chi connectivity index (χ3n) is 4.25. The maximum atomic E-state index is 13.1. The number of halogens is 1. The van der Waals surface area contributed by atoms with E-state index < -0.39 is 23.8 Å². The normalized spacial score (nSPS) is 13.0. The van der Waals surface area contributed by atoms with Gasteiger partial charge in [0, 0.05) is 17.4 Å². The molecule has 0 saturated carbocycles. The van der Waals surface area contributed by atoms with Crippen molar-refractivity contribution in [1.29, 1.82) is 0 Å². The number of hydrogen-bond acceptors (Lipinski definition) is 6. The van der Waals surface area contributed by atoms with Gasteiger partial charge in [-0.1, -0.05) is 0 Å². The minimum Gasteiger partial charge on any atom is -0.454 e. The molecule has 1 atom stereocenters. The lowest BCUT2D eigenvalue weighted by molar-refractivity contribution is -0.123. The second kappa shape index (κ2) is 7.63. The highest BCUT2D eigenvalue weighted by atomic mass is 19.1. The van der Waals surface area contributed by atoms with Crippen molar-refractivity contribution in [2.24, 2.45) is 0 Å². The summed E-state index contributed by atoms with van der Waals surface area (Å²) in [6.07, 6.45) is 1.65. The molecule has 4 rings (SSSR count). The highest BCUT2D eigenvalue weighted by molar-refractivity contribution is 5.97. The van der Waals surface area contributed by atoms with Crippen LogP contribution in [0.25, 0.3) is 5.69 Å². The Balaban J connectivity index is 1.43. The SMILES string of the molecule is C[C@H](OC(=O)c1cncn1-c1ccc(F)cc1)C(=O)Nc1ccc2c(c1)OCO2. The van der Waals surface area contributed by atoms with E-state index in [1.165, 1.54) is 48.3 Å². The van der Waals surface area contributed by atoms with Crippen LogP contribution in [0.2, 0.25) is 0 Å².